The Labute approximate surface area is 360 Å². The van der Waals surface area contributed by atoms with Crippen molar-refractivity contribution in [2.45, 2.75) is 143 Å². The van der Waals surface area contributed by atoms with Gasteiger partial charge in [-0.1, -0.05) is 171 Å². The van der Waals surface area contributed by atoms with Crippen LogP contribution in [0.5, 0.6) is 0 Å². The minimum absolute atomic E-state index is 0.0156. The molecule has 0 N–H and O–H groups in total. The summed E-state index contributed by atoms with van der Waals surface area (Å²) in [7, 11) is 0. The van der Waals surface area contributed by atoms with Crippen LogP contribution in [-0.2, 0) is 32.5 Å². The molecule has 0 atom stereocenters. The van der Waals surface area contributed by atoms with E-state index in [0.717, 1.165) is 28.2 Å². The van der Waals surface area contributed by atoms with Crippen molar-refractivity contribution in [3.05, 3.63) is 148 Å². The zero-order valence-corrected chi connectivity index (χ0v) is 39.2. The van der Waals surface area contributed by atoms with Gasteiger partial charge in [-0.15, -0.1) is 0 Å². The van der Waals surface area contributed by atoms with Crippen molar-refractivity contribution >= 4 is 39.0 Å². The van der Waals surface area contributed by atoms with E-state index in [2.05, 4.69) is 219 Å². The van der Waals surface area contributed by atoms with E-state index in [-0.39, 0.29) is 32.5 Å². The van der Waals surface area contributed by atoms with Gasteiger partial charge in [-0.25, -0.2) is 0 Å². The first-order chi connectivity index (χ1) is 27.8. The third-order valence-corrected chi connectivity index (χ3v) is 14.0. The Balaban J connectivity index is 1.34. The molecule has 2 heteroatoms. The molecule has 2 nitrogen and oxygen atoms in total. The molecule has 2 aliphatic rings. The van der Waals surface area contributed by atoms with E-state index in [4.69, 9.17) is 4.42 Å². The molecule has 1 heterocycles. The lowest BCUT2D eigenvalue weighted by molar-refractivity contribution is 0.563. The molecule has 7 aromatic rings. The number of benzene rings is 6. The van der Waals surface area contributed by atoms with Crippen molar-refractivity contribution in [2.75, 3.05) is 4.90 Å². The molecule has 0 spiro atoms. The number of furan rings is 1. The Bertz CT molecular complexity index is 2900. The van der Waals surface area contributed by atoms with Gasteiger partial charge < -0.3 is 9.32 Å². The topological polar surface area (TPSA) is 16.4 Å². The lowest BCUT2D eigenvalue weighted by atomic mass is 9.78. The second kappa shape index (κ2) is 12.7. The summed E-state index contributed by atoms with van der Waals surface area (Å²) in [4.78, 5) is 2.53. The lowest BCUT2D eigenvalue weighted by Crippen LogP contribution is -2.19. The summed E-state index contributed by atoms with van der Waals surface area (Å²) in [6.45, 7) is 37.4. The van der Waals surface area contributed by atoms with Crippen molar-refractivity contribution < 1.29 is 4.42 Å². The molecule has 1 aromatic heterocycles. The third-order valence-electron chi connectivity index (χ3n) is 14.0. The molecule has 0 aliphatic heterocycles. The molecule has 0 unspecified atom stereocenters. The van der Waals surface area contributed by atoms with Crippen molar-refractivity contribution in [3.8, 4) is 22.3 Å². The first kappa shape index (κ1) is 40.3. The normalized spacial score (nSPS) is 15.6. The van der Waals surface area contributed by atoms with Gasteiger partial charge in [0.2, 0.25) is 0 Å². The van der Waals surface area contributed by atoms with E-state index >= 15 is 0 Å². The molecule has 0 saturated heterocycles. The van der Waals surface area contributed by atoms with Crippen LogP contribution in [0, 0.1) is 0 Å². The number of anilines is 3. The number of nitrogens with zero attached hydrogens (tertiary/aromatic N) is 1. The molecule has 2 aliphatic carbocycles. The molecular weight excluding hydrogens is 727 g/mol. The van der Waals surface area contributed by atoms with Gasteiger partial charge in [-0.2, -0.15) is 0 Å². The van der Waals surface area contributed by atoms with Crippen LogP contribution in [0.3, 0.4) is 0 Å². The standard InChI is InChI=1S/C58H65NO/c1-53(2,3)34-21-24-40-42-26-23-37(32-47(42)58(15,16)45(40)27-34)59(36-22-25-41-39-19-17-18-20-44(39)57(13,14)46(41)31-36)38-30-43-51-48(55(7,8)9)28-35(54(4,5)6)29-50(51)60-52(43)49(33-38)56(10,11)12/h17-33H,1-16H3. The van der Waals surface area contributed by atoms with Crippen molar-refractivity contribution in [1.82, 2.24) is 0 Å². The van der Waals surface area contributed by atoms with Crippen LogP contribution in [0.25, 0.3) is 44.2 Å². The summed E-state index contributed by atoms with van der Waals surface area (Å²) in [5, 5.41) is 2.41. The zero-order valence-electron chi connectivity index (χ0n) is 39.2. The molecule has 0 fully saturated rings. The first-order valence-corrected chi connectivity index (χ1v) is 22.2. The average molecular weight is 792 g/mol. The molecular formula is C58H65NO. The smallest absolute Gasteiger partial charge is 0.139 e. The van der Waals surface area contributed by atoms with Gasteiger partial charge in [0, 0.05) is 44.2 Å². The molecule has 0 bridgehead atoms. The van der Waals surface area contributed by atoms with E-state index in [9.17, 15) is 0 Å². The van der Waals surface area contributed by atoms with Crippen LogP contribution in [0.4, 0.5) is 17.1 Å². The monoisotopic (exact) mass is 792 g/mol. The summed E-state index contributed by atoms with van der Waals surface area (Å²) in [6.07, 6.45) is 0. The maximum Gasteiger partial charge on any atom is 0.139 e. The van der Waals surface area contributed by atoms with Gasteiger partial charge >= 0.3 is 0 Å². The quantitative estimate of drug-likeness (QED) is 0.177. The lowest BCUT2D eigenvalue weighted by Gasteiger charge is -2.31. The van der Waals surface area contributed by atoms with Crippen molar-refractivity contribution in [1.29, 1.82) is 0 Å². The fraction of sp³-hybridized carbons (Fsp3) is 0.379. The predicted molar refractivity (Wildman–Crippen MR) is 258 cm³/mol. The number of hydrogen-bond acceptors (Lipinski definition) is 2. The Morgan fingerprint density at radius 3 is 1.47 bits per heavy atom. The summed E-state index contributed by atoms with van der Waals surface area (Å²) in [5.41, 5.74) is 21.0. The van der Waals surface area contributed by atoms with Crippen molar-refractivity contribution in [2.24, 2.45) is 0 Å². The van der Waals surface area contributed by atoms with E-state index in [1.54, 1.807) is 0 Å². The summed E-state index contributed by atoms with van der Waals surface area (Å²) >= 11 is 0. The number of rotatable bonds is 3. The van der Waals surface area contributed by atoms with Gasteiger partial charge in [0.05, 0.1) is 0 Å². The van der Waals surface area contributed by atoms with Gasteiger partial charge in [-0.05, 0) is 125 Å². The highest BCUT2D eigenvalue weighted by molar-refractivity contribution is 6.10. The van der Waals surface area contributed by atoms with Crippen LogP contribution < -0.4 is 4.90 Å². The van der Waals surface area contributed by atoms with Crippen LogP contribution in [0.1, 0.15) is 155 Å². The van der Waals surface area contributed by atoms with Gasteiger partial charge in [0.25, 0.3) is 0 Å². The maximum atomic E-state index is 7.09. The Kier molecular flexibility index (Phi) is 8.56. The fourth-order valence-electron chi connectivity index (χ4n) is 10.3. The van der Waals surface area contributed by atoms with E-state index in [0.29, 0.717) is 0 Å². The Morgan fingerprint density at radius 2 is 0.917 bits per heavy atom. The highest BCUT2D eigenvalue weighted by atomic mass is 16.3. The fourth-order valence-corrected chi connectivity index (χ4v) is 10.3. The average Bonchev–Trinajstić information content (AvgIpc) is 3.72. The molecule has 0 radical (unpaired) electrons. The van der Waals surface area contributed by atoms with Crippen LogP contribution >= 0.6 is 0 Å². The summed E-state index contributed by atoms with van der Waals surface area (Å²) in [5.74, 6) is 0. The van der Waals surface area contributed by atoms with Gasteiger partial charge in [0.15, 0.2) is 0 Å². The van der Waals surface area contributed by atoms with Crippen molar-refractivity contribution in [3.63, 3.8) is 0 Å². The maximum absolute atomic E-state index is 7.09. The third kappa shape index (κ3) is 6.10. The predicted octanol–water partition coefficient (Wildman–Crippen LogP) is 16.9. The van der Waals surface area contributed by atoms with E-state index in [1.807, 2.05) is 0 Å². The molecule has 6 aromatic carbocycles. The second-order valence-electron chi connectivity index (χ2n) is 23.2. The SMILES string of the molecule is CC(C)(C)c1ccc2c(c1)C(C)(C)c1cc(N(c3ccc4c(c3)C(C)(C)c3ccccc3-4)c3cc(C(C)(C)C)c4oc5cc(C(C)(C)C)cc(C(C)(C)C)c5c4c3)ccc1-2. The van der Waals surface area contributed by atoms with E-state index in [1.165, 1.54) is 77.5 Å². The van der Waals surface area contributed by atoms with Gasteiger partial charge in [-0.3, -0.25) is 0 Å². The summed E-state index contributed by atoms with van der Waals surface area (Å²) < 4.78 is 7.09. The minimum Gasteiger partial charge on any atom is -0.456 e. The van der Waals surface area contributed by atoms with E-state index < -0.39 is 0 Å². The summed E-state index contributed by atoms with van der Waals surface area (Å²) in [6, 6.07) is 40.2. The molecule has 9 rings (SSSR count). The highest BCUT2D eigenvalue weighted by Gasteiger charge is 2.39. The van der Waals surface area contributed by atoms with Crippen LogP contribution in [0.2, 0.25) is 0 Å². The molecule has 0 saturated carbocycles. The highest BCUT2D eigenvalue weighted by Crippen LogP contribution is 2.55. The van der Waals surface area contributed by atoms with Crippen LogP contribution in [0.15, 0.2) is 108 Å². The van der Waals surface area contributed by atoms with Gasteiger partial charge in [0.1, 0.15) is 11.2 Å². The Morgan fingerprint density at radius 1 is 0.417 bits per heavy atom. The molecule has 308 valence electrons. The molecule has 60 heavy (non-hydrogen) atoms. The largest absolute Gasteiger partial charge is 0.456 e. The number of hydrogen-bond donors (Lipinski definition) is 0. The Hall–Kier alpha value is -5.08. The first-order valence-electron chi connectivity index (χ1n) is 22.2. The van der Waals surface area contributed by atoms with Crippen LogP contribution in [-0.4, -0.2) is 0 Å². The second-order valence-corrected chi connectivity index (χ2v) is 23.2. The molecule has 0 amide bonds. The zero-order chi connectivity index (χ0) is 43.3. The minimum atomic E-state index is -0.184. The number of fused-ring (bicyclic) bond motifs is 9.